The lowest BCUT2D eigenvalue weighted by atomic mass is 10.2. The first kappa shape index (κ1) is 13.7. The monoisotopic (exact) mass is 280 g/mol. The van der Waals surface area contributed by atoms with Crippen LogP contribution in [-0.2, 0) is 0 Å². The fraction of sp³-hybridized carbons (Fsp3) is 0.143. The van der Waals surface area contributed by atoms with Crippen molar-refractivity contribution in [3.05, 3.63) is 48.0 Å². The highest BCUT2D eigenvalue weighted by Crippen LogP contribution is 2.33. The van der Waals surface area contributed by atoms with Gasteiger partial charge in [0.05, 0.1) is 5.69 Å². The summed E-state index contributed by atoms with van der Waals surface area (Å²) in [5, 5.41) is 3.14. The first-order chi connectivity index (χ1) is 9.06. The van der Waals surface area contributed by atoms with Crippen molar-refractivity contribution in [3.63, 3.8) is 0 Å². The van der Waals surface area contributed by atoms with Gasteiger partial charge in [0.15, 0.2) is 0 Å². The van der Waals surface area contributed by atoms with Gasteiger partial charge in [0, 0.05) is 16.3 Å². The highest BCUT2D eigenvalue weighted by molar-refractivity contribution is 7.99. The molecule has 2 aromatic carbocycles. The lowest BCUT2D eigenvalue weighted by molar-refractivity contribution is 0.252. The summed E-state index contributed by atoms with van der Waals surface area (Å²) in [6.07, 6.45) is 0. The lowest BCUT2D eigenvalue weighted by Crippen LogP contribution is -1.96. The Morgan fingerprint density at radius 3 is 2.58 bits per heavy atom. The number of thioether (sulfide) groups is 1. The Balaban J connectivity index is 2.25. The molecule has 2 aromatic rings. The Hall–Kier alpha value is -1.75. The largest absolute Gasteiger partial charge is 0.399 e. The van der Waals surface area contributed by atoms with Crippen molar-refractivity contribution in [2.75, 3.05) is 11.1 Å². The zero-order valence-electron chi connectivity index (χ0n) is 10.4. The minimum Gasteiger partial charge on any atom is -0.399 e. The van der Waals surface area contributed by atoms with Gasteiger partial charge >= 0.3 is 0 Å². The minimum atomic E-state index is -2.43. The predicted octanol–water partition coefficient (Wildman–Crippen LogP) is 4.64. The molecule has 3 N–H and O–H groups in total. The minimum absolute atomic E-state index is 0.520. The molecule has 0 unspecified atom stereocenters. The van der Waals surface area contributed by atoms with Crippen molar-refractivity contribution in [2.24, 2.45) is 0 Å². The van der Waals surface area contributed by atoms with Crippen LogP contribution in [0, 0.1) is 6.92 Å². The zero-order chi connectivity index (χ0) is 13.8. The Kier molecular flexibility index (Phi) is 4.27. The molecule has 0 atom stereocenters. The second-order valence-electron chi connectivity index (χ2n) is 4.07. The second-order valence-corrected chi connectivity index (χ2v) is 5.10. The van der Waals surface area contributed by atoms with Crippen LogP contribution in [0.25, 0.3) is 0 Å². The summed E-state index contributed by atoms with van der Waals surface area (Å²) in [5.41, 5.74) is 8.90. The van der Waals surface area contributed by atoms with Crippen LogP contribution in [0.2, 0.25) is 0 Å². The van der Waals surface area contributed by atoms with Gasteiger partial charge in [-0.2, -0.15) is 8.78 Å². The van der Waals surface area contributed by atoms with E-state index in [0.717, 1.165) is 11.3 Å². The molecule has 0 aliphatic rings. The number of rotatable bonds is 4. The summed E-state index contributed by atoms with van der Waals surface area (Å²) in [4.78, 5) is 0.520. The number of aryl methyl sites for hydroxylation is 1. The van der Waals surface area contributed by atoms with Crippen LogP contribution >= 0.6 is 11.8 Å². The molecule has 0 aliphatic heterocycles. The highest BCUT2D eigenvalue weighted by atomic mass is 32.2. The summed E-state index contributed by atoms with van der Waals surface area (Å²) >= 11 is 0.531. The first-order valence-electron chi connectivity index (χ1n) is 5.73. The number of hydrogen-bond acceptors (Lipinski definition) is 3. The molecule has 100 valence electrons. The number of nitrogen functional groups attached to an aromatic ring is 1. The van der Waals surface area contributed by atoms with E-state index in [-0.39, 0.29) is 0 Å². The number of benzene rings is 2. The van der Waals surface area contributed by atoms with E-state index in [4.69, 9.17) is 5.73 Å². The standard InChI is InChI=1S/C14H14F2N2S/c1-9-8-10(6-7-11(9)17)18-12-4-2-3-5-13(12)19-14(15)16/h2-8,14,18H,17H2,1H3. The van der Waals surface area contributed by atoms with Gasteiger partial charge in [0.2, 0.25) is 0 Å². The number of anilines is 3. The summed E-state index contributed by atoms with van der Waals surface area (Å²) in [6, 6.07) is 12.5. The van der Waals surface area contributed by atoms with Crippen molar-refractivity contribution < 1.29 is 8.78 Å². The molecule has 0 saturated carbocycles. The maximum Gasteiger partial charge on any atom is 0.288 e. The van der Waals surface area contributed by atoms with Crippen LogP contribution in [0.3, 0.4) is 0 Å². The Morgan fingerprint density at radius 2 is 1.89 bits per heavy atom. The third-order valence-electron chi connectivity index (χ3n) is 2.65. The van der Waals surface area contributed by atoms with Gasteiger partial charge in [-0.25, -0.2) is 0 Å². The number of nitrogens with one attached hydrogen (secondary N) is 1. The highest BCUT2D eigenvalue weighted by Gasteiger charge is 2.09. The third-order valence-corrected chi connectivity index (χ3v) is 3.44. The summed E-state index contributed by atoms with van der Waals surface area (Å²) < 4.78 is 24.9. The molecule has 0 fully saturated rings. The lowest BCUT2D eigenvalue weighted by Gasteiger charge is -2.12. The van der Waals surface area contributed by atoms with Crippen LogP contribution in [0.15, 0.2) is 47.4 Å². The zero-order valence-corrected chi connectivity index (χ0v) is 11.2. The molecule has 0 aromatic heterocycles. The molecule has 2 nitrogen and oxygen atoms in total. The molecule has 0 bridgehead atoms. The number of alkyl halides is 2. The Labute approximate surface area is 115 Å². The molecule has 0 spiro atoms. The fourth-order valence-corrected chi connectivity index (χ4v) is 2.27. The van der Waals surface area contributed by atoms with Crippen molar-refractivity contribution in [2.45, 2.75) is 17.6 Å². The Bertz CT molecular complexity index is 573. The van der Waals surface area contributed by atoms with Gasteiger partial charge in [0.1, 0.15) is 0 Å². The topological polar surface area (TPSA) is 38.0 Å². The van der Waals surface area contributed by atoms with Crippen LogP contribution in [0.5, 0.6) is 0 Å². The molecular weight excluding hydrogens is 266 g/mol. The SMILES string of the molecule is Cc1cc(Nc2ccccc2SC(F)F)ccc1N. The smallest absolute Gasteiger partial charge is 0.288 e. The van der Waals surface area contributed by atoms with Gasteiger partial charge in [0.25, 0.3) is 5.76 Å². The van der Waals surface area contributed by atoms with Crippen LogP contribution in [-0.4, -0.2) is 5.76 Å². The molecular formula is C14H14F2N2S. The molecule has 0 saturated heterocycles. The predicted molar refractivity (Wildman–Crippen MR) is 77.2 cm³/mol. The van der Waals surface area contributed by atoms with Crippen molar-refractivity contribution in [3.8, 4) is 0 Å². The van der Waals surface area contributed by atoms with E-state index in [1.165, 1.54) is 0 Å². The third kappa shape index (κ3) is 3.61. The number of nitrogens with two attached hydrogens (primary N) is 1. The Morgan fingerprint density at radius 1 is 1.16 bits per heavy atom. The second kappa shape index (κ2) is 5.93. The molecule has 19 heavy (non-hydrogen) atoms. The van der Waals surface area contributed by atoms with Crippen LogP contribution in [0.1, 0.15) is 5.56 Å². The average Bonchev–Trinajstić information content (AvgIpc) is 2.36. The van der Waals surface area contributed by atoms with Gasteiger partial charge in [-0.3, -0.25) is 0 Å². The molecule has 0 aliphatic carbocycles. The fourth-order valence-electron chi connectivity index (χ4n) is 1.68. The maximum absolute atomic E-state index is 12.5. The molecule has 0 amide bonds. The van der Waals surface area contributed by atoms with E-state index in [1.807, 2.05) is 25.1 Å². The van der Waals surface area contributed by atoms with Crippen LogP contribution < -0.4 is 11.1 Å². The van der Waals surface area contributed by atoms with Gasteiger partial charge in [-0.15, -0.1) is 0 Å². The van der Waals surface area contributed by atoms with E-state index < -0.39 is 5.76 Å². The van der Waals surface area contributed by atoms with Gasteiger partial charge < -0.3 is 11.1 Å². The molecule has 5 heteroatoms. The van der Waals surface area contributed by atoms with E-state index >= 15 is 0 Å². The van der Waals surface area contributed by atoms with Crippen molar-refractivity contribution in [1.82, 2.24) is 0 Å². The normalized spacial score (nSPS) is 10.7. The molecule has 0 heterocycles. The average molecular weight is 280 g/mol. The van der Waals surface area contributed by atoms with E-state index in [9.17, 15) is 8.78 Å². The molecule has 0 radical (unpaired) electrons. The maximum atomic E-state index is 12.5. The first-order valence-corrected chi connectivity index (χ1v) is 6.61. The van der Waals surface area contributed by atoms with Crippen molar-refractivity contribution in [1.29, 1.82) is 0 Å². The van der Waals surface area contributed by atoms with Gasteiger partial charge in [-0.1, -0.05) is 23.9 Å². The number of halogens is 2. The molecule has 2 rings (SSSR count). The van der Waals surface area contributed by atoms with Crippen LogP contribution in [0.4, 0.5) is 25.8 Å². The number of para-hydroxylation sites is 1. The van der Waals surface area contributed by atoms with E-state index in [1.54, 1.807) is 24.3 Å². The van der Waals surface area contributed by atoms with E-state index in [2.05, 4.69) is 5.32 Å². The summed E-state index contributed by atoms with van der Waals surface area (Å²) in [6.45, 7) is 1.90. The van der Waals surface area contributed by atoms with Gasteiger partial charge in [-0.05, 0) is 42.8 Å². The summed E-state index contributed by atoms with van der Waals surface area (Å²) in [5.74, 6) is -2.43. The van der Waals surface area contributed by atoms with E-state index in [0.29, 0.717) is 28.0 Å². The van der Waals surface area contributed by atoms with Crippen molar-refractivity contribution >= 4 is 28.8 Å². The summed E-state index contributed by atoms with van der Waals surface area (Å²) in [7, 11) is 0. The number of hydrogen-bond donors (Lipinski definition) is 2. The quantitative estimate of drug-likeness (QED) is 0.633.